The van der Waals surface area contributed by atoms with E-state index in [1.807, 2.05) is 0 Å². The summed E-state index contributed by atoms with van der Waals surface area (Å²) in [5.41, 5.74) is 0. The van der Waals surface area contributed by atoms with Crippen LogP contribution in [0.1, 0.15) is 111 Å². The lowest BCUT2D eigenvalue weighted by atomic mass is 10.0. The maximum absolute atomic E-state index is 11.6. The van der Waals surface area contributed by atoms with Crippen molar-refractivity contribution in [1.29, 1.82) is 0 Å². The lowest BCUT2D eigenvalue weighted by molar-refractivity contribution is -0.934. The second-order valence-electron chi connectivity index (χ2n) is 10.9. The van der Waals surface area contributed by atoms with Crippen LogP contribution in [0.5, 0.6) is 0 Å². The Kier molecular flexibility index (Phi) is 19.1. The maximum atomic E-state index is 11.6. The van der Waals surface area contributed by atoms with Gasteiger partial charge in [0.1, 0.15) is 11.8 Å². The van der Waals surface area contributed by atoms with Crippen molar-refractivity contribution in [3.63, 3.8) is 0 Å². The summed E-state index contributed by atoms with van der Waals surface area (Å²) in [5, 5.41) is 30.4. The Balaban J connectivity index is 4.66. The van der Waals surface area contributed by atoms with Gasteiger partial charge in [0.15, 0.2) is 0 Å². The zero-order valence-corrected chi connectivity index (χ0v) is 23.4. The molecule has 2 N–H and O–H groups in total. The van der Waals surface area contributed by atoms with Crippen LogP contribution >= 0.6 is 0 Å². The van der Waals surface area contributed by atoms with E-state index >= 15 is 0 Å². The fourth-order valence-electron chi connectivity index (χ4n) is 5.00. The average molecular weight is 512 g/mol. The van der Waals surface area contributed by atoms with Crippen LogP contribution in [0.15, 0.2) is 12.2 Å². The number of rotatable bonds is 24. The quantitative estimate of drug-likeness (QED) is 0.104. The van der Waals surface area contributed by atoms with Crippen LogP contribution in [0.25, 0.3) is 0 Å². The maximum Gasteiger partial charge on any atom is 0.311 e. The Morgan fingerprint density at radius 1 is 0.667 bits per heavy atom. The molecule has 0 aromatic carbocycles. The van der Waals surface area contributed by atoms with E-state index in [1.54, 1.807) is 20.8 Å². The van der Waals surface area contributed by atoms with E-state index < -0.39 is 35.7 Å². The van der Waals surface area contributed by atoms with E-state index in [4.69, 9.17) is 0 Å². The summed E-state index contributed by atoms with van der Waals surface area (Å²) in [6.07, 6.45) is 20.1. The molecule has 0 heterocycles. The van der Waals surface area contributed by atoms with Gasteiger partial charge in [-0.25, -0.2) is 0 Å². The molecule has 210 valence electrons. The highest BCUT2D eigenvalue weighted by Crippen LogP contribution is 2.21. The molecule has 0 aromatic heterocycles. The van der Waals surface area contributed by atoms with Crippen LogP contribution < -0.4 is 5.11 Å². The molecule has 0 spiro atoms. The van der Waals surface area contributed by atoms with Crippen molar-refractivity contribution in [3.8, 4) is 0 Å². The predicted octanol–water partition coefficient (Wildman–Crippen LogP) is 5.28. The van der Waals surface area contributed by atoms with E-state index in [9.17, 15) is 29.7 Å². The molecule has 36 heavy (non-hydrogen) atoms. The van der Waals surface area contributed by atoms with Crippen LogP contribution in [0.2, 0.25) is 0 Å². The number of aliphatic carboxylic acids is 3. The van der Waals surface area contributed by atoms with Gasteiger partial charge in [0, 0.05) is 18.3 Å². The number of quaternary nitrogens is 1. The van der Waals surface area contributed by atoms with Gasteiger partial charge in [0.2, 0.25) is 0 Å². The normalized spacial score (nSPS) is 15.9. The van der Waals surface area contributed by atoms with Crippen LogP contribution in [0, 0.1) is 17.8 Å². The van der Waals surface area contributed by atoms with E-state index in [1.165, 1.54) is 64.2 Å². The summed E-state index contributed by atoms with van der Waals surface area (Å²) in [4.78, 5) is 34.6. The SMILES string of the molecule is CCCCCCCCCCCC/C=C/CCC[N+](CC(C)C(=O)[O-])(CC(C)C(=O)O)CC(C)C(=O)O. The molecular formula is C29H53NO6. The number of carboxylic acids is 3. The largest absolute Gasteiger partial charge is 0.550 e. The van der Waals surface area contributed by atoms with Gasteiger partial charge in [-0.3, -0.25) is 9.59 Å². The fourth-order valence-corrected chi connectivity index (χ4v) is 5.00. The fraction of sp³-hybridized carbons (Fsp3) is 0.828. The Labute approximate surface area is 219 Å². The topological polar surface area (TPSA) is 115 Å². The van der Waals surface area contributed by atoms with Crippen LogP contribution in [-0.2, 0) is 14.4 Å². The Morgan fingerprint density at radius 2 is 1.06 bits per heavy atom. The second-order valence-corrected chi connectivity index (χ2v) is 10.9. The first kappa shape index (κ1) is 34.1. The zero-order chi connectivity index (χ0) is 27.4. The Morgan fingerprint density at radius 3 is 1.47 bits per heavy atom. The summed E-state index contributed by atoms with van der Waals surface area (Å²) in [7, 11) is 0. The van der Waals surface area contributed by atoms with Gasteiger partial charge >= 0.3 is 11.9 Å². The summed E-state index contributed by atoms with van der Waals surface area (Å²) in [6.45, 7) is 8.09. The van der Waals surface area contributed by atoms with Crippen molar-refractivity contribution in [3.05, 3.63) is 12.2 Å². The lowest BCUT2D eigenvalue weighted by Gasteiger charge is -2.43. The van der Waals surface area contributed by atoms with Crippen LogP contribution in [0.4, 0.5) is 0 Å². The molecule has 0 bridgehead atoms. The number of carboxylic acid groups (broad SMARTS) is 3. The standard InChI is InChI=1S/C29H53NO6/c1-5-6-7-8-9-10-11-12-13-14-15-16-17-18-19-20-30(21-24(2)27(31)32,22-25(3)28(33)34)23-26(4)29(35)36/h16-17,24-26H,5-15,18-23H2,1-4H3,(H2-,31,32,33,34,35,36)/b17-16+. The van der Waals surface area contributed by atoms with E-state index in [2.05, 4.69) is 19.1 Å². The minimum absolute atomic E-state index is 0.155. The number of nitrogens with zero attached hydrogens (tertiary/aromatic N) is 1. The third-order valence-corrected chi connectivity index (χ3v) is 7.12. The smallest absolute Gasteiger partial charge is 0.311 e. The molecular weight excluding hydrogens is 458 g/mol. The van der Waals surface area contributed by atoms with Crippen molar-refractivity contribution >= 4 is 17.9 Å². The molecule has 0 fully saturated rings. The highest BCUT2D eigenvalue weighted by Gasteiger charge is 2.36. The number of hydrogen-bond donors (Lipinski definition) is 2. The molecule has 0 aromatic rings. The number of carbonyl (C=O) groups is 3. The van der Waals surface area contributed by atoms with E-state index in [-0.39, 0.29) is 24.1 Å². The minimum Gasteiger partial charge on any atom is -0.550 e. The summed E-state index contributed by atoms with van der Waals surface area (Å²) in [5.74, 6) is -5.31. The second kappa shape index (κ2) is 20.2. The monoisotopic (exact) mass is 511 g/mol. The van der Waals surface area contributed by atoms with Crippen LogP contribution in [-0.4, -0.2) is 58.8 Å². The Hall–Kier alpha value is -1.89. The predicted molar refractivity (Wildman–Crippen MR) is 142 cm³/mol. The van der Waals surface area contributed by atoms with Gasteiger partial charge in [-0.05, 0) is 33.1 Å². The first-order valence-electron chi connectivity index (χ1n) is 14.2. The van der Waals surface area contributed by atoms with Crippen molar-refractivity contribution < 1.29 is 34.2 Å². The lowest BCUT2D eigenvalue weighted by Crippen LogP contribution is -2.58. The third kappa shape index (κ3) is 16.7. The molecule has 0 aliphatic carbocycles. The number of unbranched alkanes of at least 4 members (excludes halogenated alkanes) is 11. The molecule has 0 aliphatic heterocycles. The van der Waals surface area contributed by atoms with Gasteiger partial charge in [-0.1, -0.05) is 83.8 Å². The first-order valence-corrected chi connectivity index (χ1v) is 14.2. The summed E-state index contributed by atoms with van der Waals surface area (Å²) < 4.78 is 0.155. The molecule has 3 atom stereocenters. The minimum atomic E-state index is -1.19. The molecule has 7 heteroatoms. The zero-order valence-electron chi connectivity index (χ0n) is 23.4. The highest BCUT2D eigenvalue weighted by molar-refractivity contribution is 5.70. The van der Waals surface area contributed by atoms with Gasteiger partial charge in [-0.2, -0.15) is 0 Å². The molecule has 0 rings (SSSR count). The molecule has 7 nitrogen and oxygen atoms in total. The summed E-state index contributed by atoms with van der Waals surface area (Å²) >= 11 is 0. The van der Waals surface area contributed by atoms with Gasteiger partial charge in [0.25, 0.3) is 0 Å². The van der Waals surface area contributed by atoms with Crippen molar-refractivity contribution in [2.24, 2.45) is 17.8 Å². The van der Waals surface area contributed by atoms with E-state index in [0.717, 1.165) is 19.3 Å². The first-order chi connectivity index (χ1) is 17.0. The highest BCUT2D eigenvalue weighted by atomic mass is 16.4. The molecule has 0 saturated heterocycles. The van der Waals surface area contributed by atoms with Gasteiger partial charge in [-0.15, -0.1) is 0 Å². The van der Waals surface area contributed by atoms with Crippen molar-refractivity contribution in [2.75, 3.05) is 26.2 Å². The molecule has 0 saturated carbocycles. The van der Waals surface area contributed by atoms with E-state index in [0.29, 0.717) is 6.54 Å². The molecule has 0 amide bonds. The average Bonchev–Trinajstić information content (AvgIpc) is 2.81. The number of allylic oxidation sites excluding steroid dienone is 2. The summed E-state index contributed by atoms with van der Waals surface area (Å²) in [6, 6.07) is 0. The molecule has 0 radical (unpaired) electrons. The number of carbonyl (C=O) groups excluding carboxylic acids is 1. The van der Waals surface area contributed by atoms with Crippen LogP contribution in [0.3, 0.4) is 0 Å². The van der Waals surface area contributed by atoms with Gasteiger partial charge in [0.05, 0.1) is 26.2 Å². The van der Waals surface area contributed by atoms with Crippen molar-refractivity contribution in [1.82, 2.24) is 0 Å². The Bertz CT molecular complexity index is 593. The number of hydrogen-bond acceptors (Lipinski definition) is 4. The third-order valence-electron chi connectivity index (χ3n) is 7.12. The molecule has 3 unspecified atom stereocenters. The molecule has 0 aliphatic rings. The van der Waals surface area contributed by atoms with Crippen molar-refractivity contribution in [2.45, 2.75) is 111 Å². The van der Waals surface area contributed by atoms with Gasteiger partial charge < -0.3 is 24.6 Å².